The molecule has 0 unspecified atom stereocenters. The van der Waals surface area contributed by atoms with Crippen molar-refractivity contribution < 1.29 is 38.1 Å². The Bertz CT molecular complexity index is 652. The van der Waals surface area contributed by atoms with Gasteiger partial charge in [0.05, 0.1) is 54.1 Å². The lowest BCUT2D eigenvalue weighted by atomic mass is 10.2. The second-order valence-electron chi connectivity index (χ2n) is 9.42. The van der Waals surface area contributed by atoms with E-state index in [1.54, 1.807) is 0 Å². The van der Waals surface area contributed by atoms with Gasteiger partial charge >= 0.3 is 23.9 Å². The lowest BCUT2D eigenvalue weighted by Gasteiger charge is -2.32. The van der Waals surface area contributed by atoms with E-state index >= 15 is 0 Å². The number of nitrogens with zero attached hydrogens (tertiary/aromatic N) is 4. The van der Waals surface area contributed by atoms with Crippen LogP contribution in [0.25, 0.3) is 0 Å². The lowest BCUT2D eigenvalue weighted by Crippen LogP contribution is -2.44. The molecular weight excluding hydrogens is 496 g/mol. The van der Waals surface area contributed by atoms with Crippen LogP contribution in [0.4, 0.5) is 0 Å². The second kappa shape index (κ2) is 21.6. The highest BCUT2D eigenvalue weighted by Gasteiger charge is 2.17. The van der Waals surface area contributed by atoms with E-state index in [-0.39, 0.29) is 49.6 Å². The van der Waals surface area contributed by atoms with Crippen LogP contribution < -0.4 is 0 Å². The first kappa shape index (κ1) is 35.7. The summed E-state index contributed by atoms with van der Waals surface area (Å²) in [6, 6.07) is 0.322. The van der Waals surface area contributed by atoms with Crippen molar-refractivity contribution in [3.63, 3.8) is 0 Å². The van der Waals surface area contributed by atoms with Crippen molar-refractivity contribution >= 4 is 23.9 Å². The number of carbonyl (C=O) groups is 4. The van der Waals surface area contributed by atoms with E-state index in [1.807, 2.05) is 0 Å². The van der Waals surface area contributed by atoms with Gasteiger partial charge in [-0.1, -0.05) is 0 Å². The van der Waals surface area contributed by atoms with Crippen LogP contribution in [0.5, 0.6) is 0 Å². The Kier molecular flexibility index (Phi) is 20.3. The van der Waals surface area contributed by atoms with Crippen molar-refractivity contribution in [1.82, 2.24) is 19.6 Å². The number of rotatable bonds is 22. The minimum Gasteiger partial charge on any atom is -0.469 e. The Labute approximate surface area is 228 Å². The molecule has 0 heterocycles. The number of hydrogen-bond donors (Lipinski definition) is 0. The van der Waals surface area contributed by atoms with E-state index in [9.17, 15) is 19.2 Å². The molecule has 222 valence electrons. The van der Waals surface area contributed by atoms with Gasteiger partial charge in [-0.25, -0.2) is 0 Å². The Morgan fingerprint density at radius 3 is 1.11 bits per heavy atom. The largest absolute Gasteiger partial charge is 0.469 e. The molecule has 0 aromatic rings. The highest BCUT2D eigenvalue weighted by Crippen LogP contribution is 2.04. The Hall–Kier alpha value is -2.28. The summed E-state index contributed by atoms with van der Waals surface area (Å²) < 4.78 is 19.0. The van der Waals surface area contributed by atoms with E-state index < -0.39 is 0 Å². The van der Waals surface area contributed by atoms with Crippen LogP contribution in [0.15, 0.2) is 0 Å². The first-order valence-electron chi connectivity index (χ1n) is 13.2. The van der Waals surface area contributed by atoms with Crippen LogP contribution in [-0.4, -0.2) is 150 Å². The van der Waals surface area contributed by atoms with Crippen LogP contribution in [0.2, 0.25) is 0 Å². The Balaban J connectivity index is 4.81. The summed E-state index contributed by atoms with van der Waals surface area (Å²) in [5, 5.41) is 0. The number of methoxy groups -OCH3 is 4. The maximum Gasteiger partial charge on any atom is 0.306 e. The highest BCUT2D eigenvalue weighted by atomic mass is 16.5. The van der Waals surface area contributed by atoms with Gasteiger partial charge < -0.3 is 33.6 Å². The molecule has 12 heteroatoms. The molecule has 0 N–H and O–H groups in total. The Morgan fingerprint density at radius 2 is 0.789 bits per heavy atom. The van der Waals surface area contributed by atoms with Gasteiger partial charge in [0.1, 0.15) is 0 Å². The topological polar surface area (TPSA) is 118 Å². The van der Waals surface area contributed by atoms with Gasteiger partial charge in [0, 0.05) is 71.5 Å². The first-order chi connectivity index (χ1) is 18.1. The monoisotopic (exact) mass is 546 g/mol. The molecule has 0 aliphatic rings. The third kappa shape index (κ3) is 18.1. The predicted octanol–water partition coefficient (Wildman–Crippen LogP) is 0.485. The van der Waals surface area contributed by atoms with Gasteiger partial charge in [-0.15, -0.1) is 0 Å². The van der Waals surface area contributed by atoms with Gasteiger partial charge in [-0.3, -0.25) is 24.1 Å². The maximum absolute atomic E-state index is 11.6. The maximum atomic E-state index is 11.6. The number of carbonyl (C=O) groups excluding carboxylic acids is 4. The second-order valence-corrected chi connectivity index (χ2v) is 9.42. The van der Waals surface area contributed by atoms with Gasteiger partial charge in [-0.2, -0.15) is 0 Å². The van der Waals surface area contributed by atoms with Gasteiger partial charge in [0.25, 0.3) is 0 Å². The highest BCUT2D eigenvalue weighted by molar-refractivity contribution is 5.70. The fraction of sp³-hybridized carbons (Fsp3) is 0.846. The van der Waals surface area contributed by atoms with Gasteiger partial charge in [0.15, 0.2) is 0 Å². The van der Waals surface area contributed by atoms with Crippen molar-refractivity contribution in [2.24, 2.45) is 0 Å². The summed E-state index contributed by atoms with van der Waals surface area (Å²) in [7, 11) is 7.53. The number of hydrogen-bond acceptors (Lipinski definition) is 12. The fourth-order valence-electron chi connectivity index (χ4n) is 3.70. The van der Waals surface area contributed by atoms with Crippen molar-refractivity contribution in [2.45, 2.75) is 45.6 Å². The zero-order valence-electron chi connectivity index (χ0n) is 24.5. The first-order valence-corrected chi connectivity index (χ1v) is 13.2. The summed E-state index contributed by atoms with van der Waals surface area (Å²) in [6.07, 6.45) is 1.07. The summed E-state index contributed by atoms with van der Waals surface area (Å²) in [6.45, 7) is 11.0. The van der Waals surface area contributed by atoms with Crippen molar-refractivity contribution in [3.8, 4) is 0 Å². The molecule has 0 atom stereocenters. The molecule has 0 rings (SSSR count). The van der Waals surface area contributed by atoms with Crippen LogP contribution in [0, 0.1) is 0 Å². The molecule has 12 nitrogen and oxygen atoms in total. The third-order valence-corrected chi connectivity index (χ3v) is 6.44. The average molecular weight is 547 g/mol. The lowest BCUT2D eigenvalue weighted by molar-refractivity contribution is -0.142. The molecule has 0 fully saturated rings. The normalized spacial score (nSPS) is 11.5. The standard InChI is InChI=1S/C26H50N4O8/c1-22(2)30(21-19-29(14-10-25(33)37-6)15-11-26(34)38-7)20-17-27(3)16-18-28(12-8-23(31)35-4)13-9-24(32)36-5/h22H,8-21H2,1-7H3. The zero-order chi connectivity index (χ0) is 28.9. The molecular formula is C26H50N4O8. The summed E-state index contributed by atoms with van der Waals surface area (Å²) in [5.74, 6) is -1.10. The predicted molar refractivity (Wildman–Crippen MR) is 144 cm³/mol. The van der Waals surface area contributed by atoms with E-state index in [0.29, 0.717) is 45.3 Å². The minimum atomic E-state index is -0.277. The van der Waals surface area contributed by atoms with E-state index in [4.69, 9.17) is 18.9 Å². The van der Waals surface area contributed by atoms with E-state index in [0.717, 1.165) is 26.2 Å². The van der Waals surface area contributed by atoms with E-state index in [2.05, 4.69) is 40.5 Å². The molecule has 0 saturated heterocycles. The fourth-order valence-corrected chi connectivity index (χ4v) is 3.70. The number of likely N-dealkylation sites (N-methyl/N-ethyl adjacent to an activating group) is 1. The Morgan fingerprint density at radius 1 is 0.500 bits per heavy atom. The van der Waals surface area contributed by atoms with Crippen molar-refractivity contribution in [3.05, 3.63) is 0 Å². The molecule has 0 saturated carbocycles. The molecule has 0 aliphatic carbocycles. The van der Waals surface area contributed by atoms with Gasteiger partial charge in [-0.05, 0) is 20.9 Å². The summed E-state index contributed by atoms with van der Waals surface area (Å²) in [5.41, 5.74) is 0. The summed E-state index contributed by atoms with van der Waals surface area (Å²) >= 11 is 0. The molecule has 0 spiro atoms. The molecule has 0 amide bonds. The number of esters is 4. The van der Waals surface area contributed by atoms with Gasteiger partial charge in [0.2, 0.25) is 0 Å². The SMILES string of the molecule is COC(=O)CCN(CCC(=O)OC)CCN(C)CCN(CCN(CCC(=O)OC)CCC(=O)OC)C(C)C. The molecule has 0 aromatic carbocycles. The average Bonchev–Trinajstić information content (AvgIpc) is 2.91. The van der Waals surface area contributed by atoms with E-state index in [1.165, 1.54) is 28.4 Å². The molecule has 0 aliphatic heterocycles. The molecule has 0 bridgehead atoms. The zero-order valence-corrected chi connectivity index (χ0v) is 24.5. The van der Waals surface area contributed by atoms with Crippen LogP contribution >= 0.6 is 0 Å². The third-order valence-electron chi connectivity index (χ3n) is 6.44. The van der Waals surface area contributed by atoms with Crippen molar-refractivity contribution in [1.29, 1.82) is 0 Å². The summed E-state index contributed by atoms with van der Waals surface area (Å²) in [4.78, 5) is 55.1. The number of ether oxygens (including phenoxy) is 4. The van der Waals surface area contributed by atoms with Crippen LogP contribution in [-0.2, 0) is 38.1 Å². The molecule has 0 aromatic heterocycles. The molecule has 0 radical (unpaired) electrons. The molecule has 38 heavy (non-hydrogen) atoms. The van der Waals surface area contributed by atoms with Crippen molar-refractivity contribution in [2.75, 3.05) is 101 Å². The quantitative estimate of drug-likeness (QED) is 0.139. The van der Waals surface area contributed by atoms with Crippen LogP contribution in [0.3, 0.4) is 0 Å². The smallest absolute Gasteiger partial charge is 0.306 e. The van der Waals surface area contributed by atoms with Crippen LogP contribution in [0.1, 0.15) is 39.5 Å². The minimum absolute atomic E-state index is 0.268.